The van der Waals surface area contributed by atoms with Gasteiger partial charge in [0.2, 0.25) is 0 Å². The lowest BCUT2D eigenvalue weighted by Gasteiger charge is -2.10. The minimum atomic E-state index is -0.215. The first-order valence-electron chi connectivity index (χ1n) is 8.27. The number of aldehydes is 1. The SMILES string of the molecule is CNC(=O)c1c(C)oc2cc(O/C(=C/C=N)c3[nH]cc(C=O)c3C)ccc12. The molecule has 0 aliphatic carbocycles. The Morgan fingerprint density at radius 2 is 2.11 bits per heavy atom. The van der Waals surface area contributed by atoms with Crippen molar-refractivity contribution < 1.29 is 18.7 Å². The number of ether oxygens (including phenoxy) is 1. The number of aryl methyl sites for hydroxylation is 1. The van der Waals surface area contributed by atoms with Gasteiger partial charge in [0.1, 0.15) is 17.1 Å². The van der Waals surface area contributed by atoms with E-state index in [0.29, 0.717) is 45.1 Å². The van der Waals surface area contributed by atoms with Gasteiger partial charge in [-0.05, 0) is 31.5 Å². The maximum atomic E-state index is 12.0. The van der Waals surface area contributed by atoms with Gasteiger partial charge in [0.05, 0.1) is 11.3 Å². The maximum absolute atomic E-state index is 12.0. The summed E-state index contributed by atoms with van der Waals surface area (Å²) in [5, 5.41) is 10.7. The molecule has 0 bridgehead atoms. The van der Waals surface area contributed by atoms with Crippen molar-refractivity contribution in [2.45, 2.75) is 13.8 Å². The fraction of sp³-hybridized carbons (Fsp3) is 0.150. The third kappa shape index (κ3) is 3.27. The van der Waals surface area contributed by atoms with E-state index in [9.17, 15) is 9.59 Å². The van der Waals surface area contributed by atoms with Crippen LogP contribution in [0.5, 0.6) is 5.75 Å². The zero-order valence-electron chi connectivity index (χ0n) is 15.2. The van der Waals surface area contributed by atoms with Crippen molar-refractivity contribution in [1.82, 2.24) is 10.3 Å². The van der Waals surface area contributed by atoms with Crippen LogP contribution in [0.1, 0.15) is 37.7 Å². The molecule has 7 heteroatoms. The predicted molar refractivity (Wildman–Crippen MR) is 103 cm³/mol. The molecule has 0 spiro atoms. The van der Waals surface area contributed by atoms with Gasteiger partial charge in [-0.15, -0.1) is 0 Å². The molecule has 3 N–H and O–H groups in total. The van der Waals surface area contributed by atoms with Crippen LogP contribution < -0.4 is 10.1 Å². The van der Waals surface area contributed by atoms with Gasteiger partial charge >= 0.3 is 0 Å². The normalized spacial score (nSPS) is 11.4. The van der Waals surface area contributed by atoms with Gasteiger partial charge in [-0.3, -0.25) is 9.59 Å². The monoisotopic (exact) mass is 365 g/mol. The number of rotatable bonds is 6. The molecule has 27 heavy (non-hydrogen) atoms. The van der Waals surface area contributed by atoms with Crippen LogP contribution in [0.3, 0.4) is 0 Å². The molecule has 7 nitrogen and oxygen atoms in total. The summed E-state index contributed by atoms with van der Waals surface area (Å²) >= 11 is 0. The highest BCUT2D eigenvalue weighted by Crippen LogP contribution is 2.31. The van der Waals surface area contributed by atoms with E-state index in [1.807, 2.05) is 0 Å². The number of fused-ring (bicyclic) bond motifs is 1. The number of carbonyl (C=O) groups excluding carboxylic acids is 2. The Hall–Kier alpha value is -3.61. The first-order chi connectivity index (χ1) is 13.0. The molecule has 3 rings (SSSR count). The zero-order chi connectivity index (χ0) is 19.6. The Kier molecular flexibility index (Phi) is 4.94. The summed E-state index contributed by atoms with van der Waals surface area (Å²) < 4.78 is 11.6. The van der Waals surface area contributed by atoms with Crippen molar-refractivity contribution >= 4 is 35.1 Å². The minimum absolute atomic E-state index is 0.215. The fourth-order valence-corrected chi connectivity index (χ4v) is 2.93. The number of aromatic amines is 1. The molecule has 0 aliphatic rings. The molecule has 0 saturated heterocycles. The molecule has 0 aliphatic heterocycles. The average molecular weight is 365 g/mol. The Morgan fingerprint density at radius 3 is 2.74 bits per heavy atom. The van der Waals surface area contributed by atoms with Crippen LogP contribution in [-0.2, 0) is 0 Å². The van der Waals surface area contributed by atoms with Gasteiger partial charge in [-0.1, -0.05) is 0 Å². The van der Waals surface area contributed by atoms with Crippen molar-refractivity contribution in [3.63, 3.8) is 0 Å². The van der Waals surface area contributed by atoms with Crippen molar-refractivity contribution in [3.8, 4) is 5.75 Å². The molecule has 3 aromatic rings. The van der Waals surface area contributed by atoms with E-state index in [0.717, 1.165) is 18.1 Å². The minimum Gasteiger partial charge on any atom is -0.460 e. The number of hydrogen-bond acceptors (Lipinski definition) is 5. The molecule has 1 aromatic carbocycles. The van der Waals surface area contributed by atoms with Crippen LogP contribution >= 0.6 is 0 Å². The van der Waals surface area contributed by atoms with E-state index >= 15 is 0 Å². The Labute approximate surface area is 155 Å². The van der Waals surface area contributed by atoms with Crippen LogP contribution in [0.25, 0.3) is 16.7 Å². The molecule has 0 fully saturated rings. The number of benzene rings is 1. The number of H-pyrrole nitrogens is 1. The van der Waals surface area contributed by atoms with E-state index in [1.54, 1.807) is 45.3 Å². The second-order valence-corrected chi connectivity index (χ2v) is 5.93. The third-order valence-electron chi connectivity index (χ3n) is 4.31. The van der Waals surface area contributed by atoms with Gasteiger partial charge < -0.3 is 24.9 Å². The maximum Gasteiger partial charge on any atom is 0.255 e. The Balaban J connectivity index is 2.00. The Morgan fingerprint density at radius 1 is 1.33 bits per heavy atom. The van der Waals surface area contributed by atoms with Gasteiger partial charge in [0.15, 0.2) is 12.0 Å². The van der Waals surface area contributed by atoms with Crippen molar-refractivity contribution in [1.29, 1.82) is 5.41 Å². The Bertz CT molecular complexity index is 1070. The van der Waals surface area contributed by atoms with Crippen LogP contribution in [0.15, 0.2) is 34.9 Å². The van der Waals surface area contributed by atoms with E-state index < -0.39 is 0 Å². The van der Waals surface area contributed by atoms with E-state index in [-0.39, 0.29) is 5.91 Å². The van der Waals surface area contributed by atoms with Crippen LogP contribution in [-0.4, -0.2) is 30.4 Å². The number of carbonyl (C=O) groups is 2. The van der Waals surface area contributed by atoms with Crippen molar-refractivity contribution in [2.24, 2.45) is 0 Å². The largest absolute Gasteiger partial charge is 0.460 e. The summed E-state index contributed by atoms with van der Waals surface area (Å²) in [5.41, 5.74) is 2.88. The lowest BCUT2D eigenvalue weighted by molar-refractivity contribution is 0.0962. The van der Waals surface area contributed by atoms with E-state index in [1.165, 1.54) is 6.08 Å². The van der Waals surface area contributed by atoms with Gasteiger partial charge in [0.25, 0.3) is 5.91 Å². The molecule has 0 unspecified atom stereocenters. The van der Waals surface area contributed by atoms with E-state index in [2.05, 4.69) is 10.3 Å². The van der Waals surface area contributed by atoms with Gasteiger partial charge in [-0.2, -0.15) is 0 Å². The van der Waals surface area contributed by atoms with Crippen LogP contribution in [0.2, 0.25) is 0 Å². The highest BCUT2D eigenvalue weighted by atomic mass is 16.5. The molecular formula is C20H19N3O4. The third-order valence-corrected chi connectivity index (χ3v) is 4.31. The van der Waals surface area contributed by atoms with Crippen LogP contribution in [0, 0.1) is 19.3 Å². The quantitative estimate of drug-likeness (QED) is 0.352. The number of amides is 1. The lowest BCUT2D eigenvalue weighted by atomic mass is 10.1. The summed E-state index contributed by atoms with van der Waals surface area (Å²) in [6.45, 7) is 3.53. The highest BCUT2D eigenvalue weighted by molar-refractivity contribution is 6.07. The van der Waals surface area contributed by atoms with Crippen LogP contribution in [0.4, 0.5) is 0 Å². The number of hydrogen-bond donors (Lipinski definition) is 3. The number of nitrogens with one attached hydrogen (secondary N) is 3. The fourth-order valence-electron chi connectivity index (χ4n) is 2.93. The van der Waals surface area contributed by atoms with Crippen molar-refractivity contribution in [2.75, 3.05) is 7.05 Å². The first-order valence-corrected chi connectivity index (χ1v) is 8.27. The first kappa shape index (κ1) is 18.2. The molecule has 0 atom stereocenters. The molecule has 1 amide bonds. The molecular weight excluding hydrogens is 346 g/mol. The number of aromatic nitrogens is 1. The highest BCUT2D eigenvalue weighted by Gasteiger charge is 2.18. The molecule has 2 heterocycles. The number of allylic oxidation sites excluding steroid dienone is 1. The zero-order valence-corrected chi connectivity index (χ0v) is 15.2. The lowest BCUT2D eigenvalue weighted by Crippen LogP contribution is -2.18. The molecule has 138 valence electrons. The van der Waals surface area contributed by atoms with E-state index in [4.69, 9.17) is 14.6 Å². The summed E-state index contributed by atoms with van der Waals surface area (Å²) in [7, 11) is 1.57. The number of furan rings is 1. The second kappa shape index (κ2) is 7.33. The van der Waals surface area contributed by atoms with Gasteiger partial charge in [-0.25, -0.2) is 0 Å². The van der Waals surface area contributed by atoms with Crippen molar-refractivity contribution in [3.05, 3.63) is 58.6 Å². The topological polar surface area (TPSA) is 108 Å². The molecule has 0 radical (unpaired) electrons. The second-order valence-electron chi connectivity index (χ2n) is 5.93. The summed E-state index contributed by atoms with van der Waals surface area (Å²) in [6, 6.07) is 5.16. The summed E-state index contributed by atoms with van der Waals surface area (Å²) in [4.78, 5) is 26.1. The van der Waals surface area contributed by atoms with Gasteiger partial charge in [0, 0.05) is 42.6 Å². The predicted octanol–water partition coefficient (Wildman–Crippen LogP) is 3.62. The standard InChI is InChI=1S/C20H19N3O4/c1-11-13(10-24)9-23-19(11)16(6-7-21)27-14-4-5-15-17(8-14)26-12(2)18(15)20(25)22-3/h4-10,21,23H,1-3H3,(H,22,25)/b16-6+,21-7?. The smallest absolute Gasteiger partial charge is 0.255 e. The molecule has 2 aromatic heterocycles. The molecule has 0 saturated carbocycles. The summed E-state index contributed by atoms with van der Waals surface area (Å²) in [6.07, 6.45) is 4.94. The summed E-state index contributed by atoms with van der Waals surface area (Å²) in [5.74, 6) is 1.18. The average Bonchev–Trinajstić information content (AvgIpc) is 3.19.